The molecule has 4 heteroatoms. The molecule has 1 aromatic carbocycles. The van der Waals surface area contributed by atoms with Crippen LogP contribution < -0.4 is 10.5 Å². The Balaban J connectivity index is 1.68. The minimum atomic E-state index is -0.00921. The molecule has 0 saturated carbocycles. The number of aromatic nitrogens is 1. The minimum absolute atomic E-state index is 0.00921. The fourth-order valence-electron chi connectivity index (χ4n) is 2.17. The SMILES string of the molecule is NC(Cc1cccnc1)C1CSc2ccccc2O1. The number of thioether (sulfide) groups is 1. The first-order valence-corrected chi connectivity index (χ1v) is 7.34. The average molecular weight is 272 g/mol. The van der Waals surface area contributed by atoms with Gasteiger partial charge >= 0.3 is 0 Å². The van der Waals surface area contributed by atoms with E-state index in [1.54, 1.807) is 6.20 Å². The van der Waals surface area contributed by atoms with Crippen LogP contribution in [-0.2, 0) is 6.42 Å². The molecule has 0 fully saturated rings. The zero-order valence-electron chi connectivity index (χ0n) is 10.5. The molecule has 0 spiro atoms. The molecule has 1 aromatic heterocycles. The number of rotatable bonds is 3. The van der Waals surface area contributed by atoms with Crippen molar-refractivity contribution in [2.75, 3.05) is 5.75 Å². The molecule has 3 rings (SSSR count). The molecule has 19 heavy (non-hydrogen) atoms. The summed E-state index contributed by atoms with van der Waals surface area (Å²) in [4.78, 5) is 5.32. The zero-order valence-corrected chi connectivity index (χ0v) is 11.3. The van der Waals surface area contributed by atoms with Crippen LogP contribution in [0.5, 0.6) is 5.75 Å². The number of fused-ring (bicyclic) bond motifs is 1. The Kier molecular flexibility index (Phi) is 3.71. The first-order chi connectivity index (χ1) is 9.33. The number of nitrogens with zero attached hydrogens (tertiary/aromatic N) is 1. The monoisotopic (exact) mass is 272 g/mol. The van der Waals surface area contributed by atoms with E-state index in [0.29, 0.717) is 0 Å². The topological polar surface area (TPSA) is 48.1 Å². The highest BCUT2D eigenvalue weighted by Gasteiger charge is 2.25. The van der Waals surface area contributed by atoms with Gasteiger partial charge in [0.2, 0.25) is 0 Å². The molecule has 0 aliphatic carbocycles. The van der Waals surface area contributed by atoms with Crippen molar-refractivity contribution >= 4 is 11.8 Å². The Labute approximate surface area is 117 Å². The summed E-state index contributed by atoms with van der Waals surface area (Å²) in [5.74, 6) is 1.85. The van der Waals surface area contributed by atoms with Gasteiger partial charge in [-0.15, -0.1) is 11.8 Å². The van der Waals surface area contributed by atoms with Crippen LogP contribution in [0.15, 0.2) is 53.7 Å². The van der Waals surface area contributed by atoms with Gasteiger partial charge in [-0.2, -0.15) is 0 Å². The van der Waals surface area contributed by atoms with Crippen LogP contribution in [0, 0.1) is 0 Å². The van der Waals surface area contributed by atoms with Crippen LogP contribution in [0.25, 0.3) is 0 Å². The lowest BCUT2D eigenvalue weighted by Gasteiger charge is -2.29. The Morgan fingerprint density at radius 1 is 1.32 bits per heavy atom. The van der Waals surface area contributed by atoms with Gasteiger partial charge in [-0.25, -0.2) is 0 Å². The second-order valence-corrected chi connectivity index (χ2v) is 5.71. The highest BCUT2D eigenvalue weighted by atomic mass is 32.2. The molecular formula is C15H16N2OS. The normalized spacial score (nSPS) is 19.3. The second kappa shape index (κ2) is 5.63. The molecule has 2 aromatic rings. The van der Waals surface area contributed by atoms with Gasteiger partial charge in [0.1, 0.15) is 11.9 Å². The van der Waals surface area contributed by atoms with E-state index >= 15 is 0 Å². The highest BCUT2D eigenvalue weighted by Crippen LogP contribution is 2.35. The average Bonchev–Trinajstić information content (AvgIpc) is 2.48. The maximum absolute atomic E-state index is 6.27. The summed E-state index contributed by atoms with van der Waals surface area (Å²) in [6, 6.07) is 12.1. The summed E-state index contributed by atoms with van der Waals surface area (Å²) < 4.78 is 6.00. The quantitative estimate of drug-likeness (QED) is 0.932. The molecule has 1 aliphatic heterocycles. The summed E-state index contributed by atoms with van der Waals surface area (Å²) in [5.41, 5.74) is 7.43. The third kappa shape index (κ3) is 2.91. The van der Waals surface area contributed by atoms with Crippen molar-refractivity contribution in [3.05, 3.63) is 54.4 Å². The van der Waals surface area contributed by atoms with Crippen LogP contribution in [0.4, 0.5) is 0 Å². The van der Waals surface area contributed by atoms with Crippen molar-refractivity contribution < 1.29 is 4.74 Å². The largest absolute Gasteiger partial charge is 0.487 e. The third-order valence-corrected chi connectivity index (χ3v) is 4.35. The molecule has 3 nitrogen and oxygen atoms in total. The maximum atomic E-state index is 6.27. The van der Waals surface area contributed by atoms with Crippen LogP contribution in [-0.4, -0.2) is 22.9 Å². The molecule has 1 aliphatic rings. The number of para-hydroxylation sites is 1. The fraction of sp³-hybridized carbons (Fsp3) is 0.267. The number of hydrogen-bond acceptors (Lipinski definition) is 4. The number of benzene rings is 1. The molecule has 0 bridgehead atoms. The minimum Gasteiger partial charge on any atom is -0.487 e. The Bertz CT molecular complexity index is 547. The summed E-state index contributed by atoms with van der Waals surface area (Å²) in [6.07, 6.45) is 4.49. The van der Waals surface area contributed by atoms with Crippen molar-refractivity contribution in [2.24, 2.45) is 5.73 Å². The summed E-state index contributed by atoms with van der Waals surface area (Å²) in [5, 5.41) is 0. The number of ether oxygens (including phenoxy) is 1. The fourth-order valence-corrected chi connectivity index (χ4v) is 3.26. The molecule has 2 N–H and O–H groups in total. The molecule has 98 valence electrons. The molecular weight excluding hydrogens is 256 g/mol. The smallest absolute Gasteiger partial charge is 0.133 e. The lowest BCUT2D eigenvalue weighted by Crippen LogP contribution is -2.43. The van der Waals surface area contributed by atoms with E-state index < -0.39 is 0 Å². The highest BCUT2D eigenvalue weighted by molar-refractivity contribution is 7.99. The molecule has 0 saturated heterocycles. The van der Waals surface area contributed by atoms with Gasteiger partial charge in [-0.05, 0) is 30.2 Å². The number of pyridine rings is 1. The van der Waals surface area contributed by atoms with E-state index in [4.69, 9.17) is 10.5 Å². The second-order valence-electron chi connectivity index (χ2n) is 4.64. The van der Waals surface area contributed by atoms with Gasteiger partial charge in [0.25, 0.3) is 0 Å². The van der Waals surface area contributed by atoms with Gasteiger partial charge in [-0.3, -0.25) is 4.98 Å². The predicted octanol–water partition coefficient (Wildman–Crippen LogP) is 2.50. The van der Waals surface area contributed by atoms with Gasteiger partial charge in [0.05, 0.1) is 0 Å². The molecule has 0 amide bonds. The van der Waals surface area contributed by atoms with Crippen molar-refractivity contribution in [3.8, 4) is 5.75 Å². The van der Waals surface area contributed by atoms with Crippen molar-refractivity contribution in [1.82, 2.24) is 4.98 Å². The van der Waals surface area contributed by atoms with Crippen LogP contribution in [0.2, 0.25) is 0 Å². The summed E-state index contributed by atoms with van der Waals surface area (Å²) in [6.45, 7) is 0. The van der Waals surface area contributed by atoms with Crippen molar-refractivity contribution in [2.45, 2.75) is 23.5 Å². The molecule has 2 heterocycles. The molecule has 2 unspecified atom stereocenters. The van der Waals surface area contributed by atoms with Gasteiger partial charge in [-0.1, -0.05) is 18.2 Å². The van der Waals surface area contributed by atoms with E-state index in [9.17, 15) is 0 Å². The maximum Gasteiger partial charge on any atom is 0.133 e. The van der Waals surface area contributed by atoms with Crippen molar-refractivity contribution in [3.63, 3.8) is 0 Å². The molecule has 0 radical (unpaired) electrons. The van der Waals surface area contributed by atoms with E-state index in [1.807, 2.05) is 42.2 Å². The third-order valence-electron chi connectivity index (χ3n) is 3.20. The van der Waals surface area contributed by atoms with Gasteiger partial charge < -0.3 is 10.5 Å². The lowest BCUT2D eigenvalue weighted by atomic mass is 10.0. The zero-order chi connectivity index (χ0) is 13.1. The standard InChI is InChI=1S/C15H16N2OS/c16-12(8-11-4-3-7-17-9-11)14-10-19-15-6-2-1-5-13(15)18-14/h1-7,9,12,14H,8,10,16H2. The number of nitrogens with two attached hydrogens (primary N) is 1. The van der Waals surface area contributed by atoms with Crippen LogP contribution in [0.3, 0.4) is 0 Å². The van der Waals surface area contributed by atoms with E-state index in [2.05, 4.69) is 17.1 Å². The van der Waals surface area contributed by atoms with E-state index in [0.717, 1.165) is 23.5 Å². The molecule has 2 atom stereocenters. The van der Waals surface area contributed by atoms with Crippen LogP contribution in [0.1, 0.15) is 5.56 Å². The predicted molar refractivity (Wildman–Crippen MR) is 77.5 cm³/mol. The van der Waals surface area contributed by atoms with Gasteiger partial charge in [0.15, 0.2) is 0 Å². The Morgan fingerprint density at radius 2 is 2.21 bits per heavy atom. The summed E-state index contributed by atoms with van der Waals surface area (Å²) >= 11 is 1.82. The van der Waals surface area contributed by atoms with E-state index in [-0.39, 0.29) is 12.1 Å². The van der Waals surface area contributed by atoms with Crippen LogP contribution >= 0.6 is 11.8 Å². The first kappa shape index (κ1) is 12.5. The summed E-state index contributed by atoms with van der Waals surface area (Å²) in [7, 11) is 0. The van der Waals surface area contributed by atoms with Crippen molar-refractivity contribution in [1.29, 1.82) is 0 Å². The van der Waals surface area contributed by atoms with E-state index in [1.165, 1.54) is 4.90 Å². The number of hydrogen-bond donors (Lipinski definition) is 1. The first-order valence-electron chi connectivity index (χ1n) is 6.36. The Morgan fingerprint density at radius 3 is 3.05 bits per heavy atom. The van der Waals surface area contributed by atoms with Gasteiger partial charge in [0, 0.05) is 29.1 Å². The lowest BCUT2D eigenvalue weighted by molar-refractivity contribution is 0.184. The Hall–Kier alpha value is -1.52.